The molecule has 86 valence electrons. The van der Waals surface area contributed by atoms with Crippen molar-refractivity contribution in [2.24, 2.45) is 5.73 Å². The van der Waals surface area contributed by atoms with Crippen LogP contribution < -0.4 is 5.73 Å². The van der Waals surface area contributed by atoms with E-state index in [0.29, 0.717) is 12.8 Å². The Morgan fingerprint density at radius 3 is 2.29 bits per heavy atom. The molecule has 0 bridgehead atoms. The summed E-state index contributed by atoms with van der Waals surface area (Å²) in [6, 6.07) is -0.0291. The van der Waals surface area contributed by atoms with Gasteiger partial charge in [0.25, 0.3) is 0 Å². The Balaban J connectivity index is 3.73. The van der Waals surface area contributed by atoms with Crippen LogP contribution in [0, 0.1) is 0 Å². The molecular formula is C9H22N2O2S. The standard InChI is InChI=1S/C9H22N2O2S/c1-9(10)5-8-14(12,13)7-4-6-11(2)3/h9H,4-8,10H2,1-3H3. The minimum absolute atomic E-state index is 0.0291. The summed E-state index contributed by atoms with van der Waals surface area (Å²) < 4.78 is 22.9. The van der Waals surface area contributed by atoms with Crippen LogP contribution in [0.3, 0.4) is 0 Å². The highest BCUT2D eigenvalue weighted by Gasteiger charge is 2.11. The minimum Gasteiger partial charge on any atom is -0.328 e. The van der Waals surface area contributed by atoms with Crippen LogP contribution in [-0.2, 0) is 9.84 Å². The highest BCUT2D eigenvalue weighted by atomic mass is 32.2. The molecule has 0 saturated heterocycles. The van der Waals surface area contributed by atoms with Gasteiger partial charge in [0, 0.05) is 6.04 Å². The molecular weight excluding hydrogens is 200 g/mol. The van der Waals surface area contributed by atoms with E-state index in [4.69, 9.17) is 5.73 Å². The molecule has 0 aliphatic heterocycles. The summed E-state index contributed by atoms with van der Waals surface area (Å²) in [4.78, 5) is 1.99. The van der Waals surface area contributed by atoms with Crippen LogP contribution in [0.4, 0.5) is 0 Å². The van der Waals surface area contributed by atoms with Crippen LogP contribution in [0.5, 0.6) is 0 Å². The third-order valence-electron chi connectivity index (χ3n) is 1.94. The van der Waals surface area contributed by atoms with Gasteiger partial charge in [-0.15, -0.1) is 0 Å². The molecule has 14 heavy (non-hydrogen) atoms. The van der Waals surface area contributed by atoms with Gasteiger partial charge in [0.1, 0.15) is 9.84 Å². The average molecular weight is 222 g/mol. The van der Waals surface area contributed by atoms with Crippen molar-refractivity contribution in [2.45, 2.75) is 25.8 Å². The van der Waals surface area contributed by atoms with E-state index in [1.165, 1.54) is 0 Å². The molecule has 0 amide bonds. The Morgan fingerprint density at radius 2 is 1.86 bits per heavy atom. The van der Waals surface area contributed by atoms with Crippen molar-refractivity contribution in [3.05, 3.63) is 0 Å². The predicted octanol–water partition coefficient (Wildman–Crippen LogP) is 0.0902. The van der Waals surface area contributed by atoms with Crippen LogP contribution in [0.2, 0.25) is 0 Å². The molecule has 1 atom stereocenters. The largest absolute Gasteiger partial charge is 0.328 e. The summed E-state index contributed by atoms with van der Waals surface area (Å²) in [5.74, 6) is 0.496. The van der Waals surface area contributed by atoms with E-state index < -0.39 is 9.84 Å². The summed E-state index contributed by atoms with van der Waals surface area (Å²) in [5.41, 5.74) is 5.50. The van der Waals surface area contributed by atoms with Crippen LogP contribution >= 0.6 is 0 Å². The second-order valence-corrected chi connectivity index (χ2v) is 6.38. The van der Waals surface area contributed by atoms with Crippen molar-refractivity contribution in [3.63, 3.8) is 0 Å². The smallest absolute Gasteiger partial charge is 0.150 e. The van der Waals surface area contributed by atoms with Gasteiger partial charge in [0.05, 0.1) is 11.5 Å². The van der Waals surface area contributed by atoms with Gasteiger partial charge in [-0.25, -0.2) is 8.42 Å². The quantitative estimate of drug-likeness (QED) is 0.663. The second-order valence-electron chi connectivity index (χ2n) is 4.07. The molecule has 5 heteroatoms. The first-order valence-electron chi connectivity index (χ1n) is 4.94. The maximum absolute atomic E-state index is 11.4. The lowest BCUT2D eigenvalue weighted by atomic mass is 10.3. The highest BCUT2D eigenvalue weighted by Crippen LogP contribution is 1.99. The van der Waals surface area contributed by atoms with Crippen molar-refractivity contribution in [1.82, 2.24) is 4.90 Å². The molecule has 0 heterocycles. The average Bonchev–Trinajstić information content (AvgIpc) is 2.00. The summed E-state index contributed by atoms with van der Waals surface area (Å²) in [5, 5.41) is 0. The first-order valence-corrected chi connectivity index (χ1v) is 6.76. The van der Waals surface area contributed by atoms with Crippen molar-refractivity contribution in [1.29, 1.82) is 0 Å². The first-order chi connectivity index (χ1) is 6.33. The van der Waals surface area contributed by atoms with Gasteiger partial charge in [-0.3, -0.25) is 0 Å². The van der Waals surface area contributed by atoms with E-state index in [0.717, 1.165) is 6.54 Å². The summed E-state index contributed by atoms with van der Waals surface area (Å²) in [6.45, 7) is 2.65. The fourth-order valence-electron chi connectivity index (χ4n) is 1.07. The minimum atomic E-state index is -2.88. The van der Waals surface area contributed by atoms with Gasteiger partial charge in [0.15, 0.2) is 0 Å². The lowest BCUT2D eigenvalue weighted by Crippen LogP contribution is -2.23. The number of rotatable bonds is 7. The third-order valence-corrected chi connectivity index (χ3v) is 3.71. The summed E-state index contributed by atoms with van der Waals surface area (Å²) in [6.07, 6.45) is 1.26. The zero-order chi connectivity index (χ0) is 11.2. The fourth-order valence-corrected chi connectivity index (χ4v) is 2.57. The normalized spacial score (nSPS) is 14.6. The molecule has 2 N–H and O–H groups in total. The Labute approximate surface area is 87.4 Å². The molecule has 0 aromatic rings. The summed E-state index contributed by atoms with van der Waals surface area (Å²) >= 11 is 0. The first kappa shape index (κ1) is 13.9. The molecule has 1 unspecified atom stereocenters. The Kier molecular flexibility index (Phi) is 6.31. The van der Waals surface area contributed by atoms with Gasteiger partial charge in [-0.05, 0) is 40.4 Å². The molecule has 0 aromatic carbocycles. The highest BCUT2D eigenvalue weighted by molar-refractivity contribution is 7.91. The van der Waals surface area contributed by atoms with Gasteiger partial charge in [-0.2, -0.15) is 0 Å². The van der Waals surface area contributed by atoms with E-state index in [1.807, 2.05) is 25.9 Å². The van der Waals surface area contributed by atoms with E-state index in [9.17, 15) is 8.42 Å². The number of sulfone groups is 1. The van der Waals surface area contributed by atoms with E-state index in [-0.39, 0.29) is 17.5 Å². The van der Waals surface area contributed by atoms with Crippen molar-refractivity contribution in [2.75, 3.05) is 32.1 Å². The van der Waals surface area contributed by atoms with Gasteiger partial charge in [0.2, 0.25) is 0 Å². The Hall–Kier alpha value is -0.130. The molecule has 4 nitrogen and oxygen atoms in total. The molecule has 0 radical (unpaired) electrons. The van der Waals surface area contributed by atoms with E-state index >= 15 is 0 Å². The topological polar surface area (TPSA) is 63.4 Å². The summed E-state index contributed by atoms with van der Waals surface area (Å²) in [7, 11) is 0.999. The fraction of sp³-hybridized carbons (Fsp3) is 1.00. The second kappa shape index (κ2) is 6.37. The van der Waals surface area contributed by atoms with Crippen molar-refractivity contribution >= 4 is 9.84 Å². The molecule has 0 rings (SSSR count). The maximum atomic E-state index is 11.4. The number of nitrogens with two attached hydrogens (primary N) is 1. The number of hydrogen-bond acceptors (Lipinski definition) is 4. The SMILES string of the molecule is CC(N)CCS(=O)(=O)CCCN(C)C. The van der Waals surface area contributed by atoms with Crippen LogP contribution in [0.15, 0.2) is 0 Å². The molecule has 0 saturated carbocycles. The zero-order valence-corrected chi connectivity index (χ0v) is 10.2. The van der Waals surface area contributed by atoms with Gasteiger partial charge in [-0.1, -0.05) is 0 Å². The Morgan fingerprint density at radius 1 is 1.29 bits per heavy atom. The van der Waals surface area contributed by atoms with E-state index in [1.54, 1.807) is 0 Å². The number of nitrogens with zero attached hydrogens (tertiary/aromatic N) is 1. The molecule has 0 spiro atoms. The van der Waals surface area contributed by atoms with Crippen molar-refractivity contribution in [3.8, 4) is 0 Å². The van der Waals surface area contributed by atoms with Crippen molar-refractivity contribution < 1.29 is 8.42 Å². The Bertz CT molecular complexity index is 235. The van der Waals surface area contributed by atoms with E-state index in [2.05, 4.69) is 0 Å². The van der Waals surface area contributed by atoms with Gasteiger partial charge < -0.3 is 10.6 Å². The van der Waals surface area contributed by atoms with Crippen LogP contribution in [0.1, 0.15) is 19.8 Å². The lowest BCUT2D eigenvalue weighted by molar-refractivity contribution is 0.408. The predicted molar refractivity (Wildman–Crippen MR) is 60.1 cm³/mol. The molecule has 0 aliphatic carbocycles. The maximum Gasteiger partial charge on any atom is 0.150 e. The molecule has 0 fully saturated rings. The van der Waals surface area contributed by atoms with Gasteiger partial charge >= 0.3 is 0 Å². The number of hydrogen-bond donors (Lipinski definition) is 1. The third kappa shape index (κ3) is 8.47. The van der Waals surface area contributed by atoms with Crippen LogP contribution in [0.25, 0.3) is 0 Å². The molecule has 0 aliphatic rings. The van der Waals surface area contributed by atoms with Crippen LogP contribution in [-0.4, -0.2) is 51.5 Å². The molecule has 0 aromatic heterocycles. The lowest BCUT2D eigenvalue weighted by Gasteiger charge is -2.10. The zero-order valence-electron chi connectivity index (χ0n) is 9.36. The monoisotopic (exact) mass is 222 g/mol.